The van der Waals surface area contributed by atoms with Gasteiger partial charge in [-0.05, 0) is 31.1 Å². The summed E-state index contributed by atoms with van der Waals surface area (Å²) in [5, 5.41) is 0. The Balaban J connectivity index is 2.27. The maximum Gasteiger partial charge on any atom is 0.0279 e. The molecule has 0 saturated heterocycles. The van der Waals surface area contributed by atoms with E-state index in [1.165, 1.54) is 12.8 Å². The highest BCUT2D eigenvalue weighted by Gasteiger charge is 2.25. The van der Waals surface area contributed by atoms with Crippen LogP contribution in [0.4, 0.5) is 0 Å². The molecule has 2 unspecified atom stereocenters. The van der Waals surface area contributed by atoms with E-state index in [4.69, 9.17) is 1.37 Å². The smallest absolute Gasteiger partial charge is 0.0279 e. The minimum Gasteiger partial charge on any atom is -0.0851 e. The van der Waals surface area contributed by atoms with Crippen LogP contribution < -0.4 is 0 Å². The molecule has 1 saturated carbocycles. The molecule has 0 aromatic rings. The Labute approximate surface area is 45.6 Å². The SMILES string of the molecule is [2H]C1C2C=CC1CC2. The highest BCUT2D eigenvalue weighted by Crippen LogP contribution is 2.38. The Hall–Kier alpha value is -0.260. The van der Waals surface area contributed by atoms with Crippen molar-refractivity contribution >= 4 is 0 Å². The zero-order chi connectivity index (χ0) is 5.56. The van der Waals surface area contributed by atoms with Crippen LogP contribution in [0.5, 0.6) is 0 Å². The molecule has 2 aliphatic rings. The molecule has 2 bridgehead atoms. The Morgan fingerprint density at radius 2 is 1.86 bits per heavy atom. The first-order valence-corrected chi connectivity index (χ1v) is 2.98. The van der Waals surface area contributed by atoms with E-state index in [1.54, 1.807) is 0 Å². The maximum atomic E-state index is 7.54. The molecule has 1 fully saturated rings. The molecule has 0 heterocycles. The monoisotopic (exact) mass is 95.1 g/mol. The van der Waals surface area contributed by atoms with E-state index in [1.807, 2.05) is 0 Å². The van der Waals surface area contributed by atoms with E-state index in [2.05, 4.69) is 12.2 Å². The van der Waals surface area contributed by atoms with Crippen LogP contribution in [0, 0.1) is 11.8 Å². The Bertz CT molecular complexity index is 114. The van der Waals surface area contributed by atoms with Gasteiger partial charge in [0.15, 0.2) is 0 Å². The fourth-order valence-corrected chi connectivity index (χ4v) is 1.50. The van der Waals surface area contributed by atoms with E-state index in [0.717, 1.165) is 0 Å². The first kappa shape index (κ1) is 2.91. The first-order valence-electron chi connectivity index (χ1n) is 3.56. The summed E-state index contributed by atoms with van der Waals surface area (Å²) in [6.07, 6.45) is 7.21. The predicted molar refractivity (Wildman–Crippen MR) is 30.0 cm³/mol. The number of rotatable bonds is 0. The standard InChI is InChI=1S/C7H10/c1-2-7-4-3-6(1)5-7/h1-2,6-7H,3-5H2/i5D. The molecule has 0 aliphatic heterocycles. The van der Waals surface area contributed by atoms with Crippen LogP contribution in [-0.2, 0) is 0 Å². The second kappa shape index (κ2) is 1.12. The van der Waals surface area contributed by atoms with Gasteiger partial charge in [-0.15, -0.1) is 0 Å². The fraction of sp³-hybridized carbons (Fsp3) is 0.714. The molecule has 2 rings (SSSR count). The van der Waals surface area contributed by atoms with Crippen LogP contribution >= 0.6 is 0 Å². The summed E-state index contributed by atoms with van der Waals surface area (Å²) in [7, 11) is 0. The van der Waals surface area contributed by atoms with Crippen LogP contribution in [0.1, 0.15) is 20.6 Å². The molecule has 0 spiro atoms. The third kappa shape index (κ3) is 0.425. The average Bonchev–Trinajstić information content (AvgIpc) is 2.29. The van der Waals surface area contributed by atoms with Gasteiger partial charge >= 0.3 is 0 Å². The summed E-state index contributed by atoms with van der Waals surface area (Å²) < 4.78 is 7.54. The van der Waals surface area contributed by atoms with E-state index < -0.39 is 0 Å². The van der Waals surface area contributed by atoms with E-state index in [9.17, 15) is 0 Å². The van der Waals surface area contributed by atoms with Crippen LogP contribution in [0.15, 0.2) is 12.2 Å². The van der Waals surface area contributed by atoms with Crippen molar-refractivity contribution in [3.05, 3.63) is 12.2 Å². The average molecular weight is 95.2 g/mol. The summed E-state index contributed by atoms with van der Waals surface area (Å²) in [5.74, 6) is 1.25. The van der Waals surface area contributed by atoms with Crippen LogP contribution in [-0.4, -0.2) is 0 Å². The van der Waals surface area contributed by atoms with Crippen molar-refractivity contribution in [3.63, 3.8) is 0 Å². The second-order valence-electron chi connectivity index (χ2n) is 2.48. The third-order valence-electron chi connectivity index (χ3n) is 1.93. The van der Waals surface area contributed by atoms with Crippen LogP contribution in [0.3, 0.4) is 0 Å². The molecule has 2 aliphatic carbocycles. The number of fused-ring (bicyclic) bond motifs is 2. The van der Waals surface area contributed by atoms with Gasteiger partial charge in [0.25, 0.3) is 0 Å². The first-order chi connectivity index (χ1) is 3.88. The van der Waals surface area contributed by atoms with E-state index >= 15 is 0 Å². The maximum absolute atomic E-state index is 7.54. The minimum atomic E-state index is 0.231. The number of allylic oxidation sites excluding steroid dienone is 2. The van der Waals surface area contributed by atoms with Crippen molar-refractivity contribution in [1.82, 2.24) is 0 Å². The van der Waals surface area contributed by atoms with Gasteiger partial charge in [0, 0.05) is 1.37 Å². The topological polar surface area (TPSA) is 0 Å². The van der Waals surface area contributed by atoms with Crippen LogP contribution in [0.2, 0.25) is 0 Å². The summed E-state index contributed by atoms with van der Waals surface area (Å²) in [4.78, 5) is 0. The summed E-state index contributed by atoms with van der Waals surface area (Å²) in [6, 6.07) is 0. The molecule has 0 radical (unpaired) electrons. The lowest BCUT2D eigenvalue weighted by Gasteiger charge is -1.96. The van der Waals surface area contributed by atoms with Gasteiger partial charge in [-0.1, -0.05) is 12.2 Å². The summed E-state index contributed by atoms with van der Waals surface area (Å²) >= 11 is 0. The molecule has 2 atom stereocenters. The largest absolute Gasteiger partial charge is 0.0851 e. The fourth-order valence-electron chi connectivity index (χ4n) is 1.50. The molecule has 0 N–H and O–H groups in total. The van der Waals surface area contributed by atoms with E-state index in [0.29, 0.717) is 11.8 Å². The third-order valence-corrected chi connectivity index (χ3v) is 1.93. The van der Waals surface area contributed by atoms with Crippen molar-refractivity contribution in [2.45, 2.75) is 19.2 Å². The van der Waals surface area contributed by atoms with Crippen molar-refractivity contribution in [1.29, 1.82) is 0 Å². The minimum absolute atomic E-state index is 0.231. The highest BCUT2D eigenvalue weighted by atomic mass is 14.3. The van der Waals surface area contributed by atoms with Gasteiger partial charge in [-0.3, -0.25) is 0 Å². The summed E-state index contributed by atoms with van der Waals surface area (Å²) in [6.45, 7) is 0. The molecular weight excluding hydrogens is 84.1 g/mol. The number of hydrogen-bond donors (Lipinski definition) is 0. The van der Waals surface area contributed by atoms with Gasteiger partial charge in [0.2, 0.25) is 0 Å². The molecule has 0 nitrogen and oxygen atoms in total. The van der Waals surface area contributed by atoms with E-state index in [-0.39, 0.29) is 6.40 Å². The van der Waals surface area contributed by atoms with Gasteiger partial charge in [-0.2, -0.15) is 0 Å². The van der Waals surface area contributed by atoms with Crippen molar-refractivity contribution < 1.29 is 1.37 Å². The van der Waals surface area contributed by atoms with Gasteiger partial charge in [0.05, 0.1) is 0 Å². The van der Waals surface area contributed by atoms with Gasteiger partial charge in [-0.25, -0.2) is 0 Å². The molecule has 0 amide bonds. The molecule has 38 valence electrons. The van der Waals surface area contributed by atoms with Crippen LogP contribution in [0.25, 0.3) is 0 Å². The highest BCUT2D eigenvalue weighted by molar-refractivity contribution is 5.06. The summed E-state index contributed by atoms with van der Waals surface area (Å²) in [5.41, 5.74) is 0. The Kier molecular flexibility index (Phi) is 0.464. The molecule has 7 heavy (non-hydrogen) atoms. The normalized spacial score (nSPS) is 58.3. The molecule has 0 aromatic carbocycles. The lowest BCUT2D eigenvalue weighted by atomic mass is 10.1. The van der Waals surface area contributed by atoms with Gasteiger partial charge in [0.1, 0.15) is 0 Å². The quantitative estimate of drug-likeness (QED) is 0.403. The molecule has 0 aromatic heterocycles. The molecular formula is C7H10. The predicted octanol–water partition coefficient (Wildman–Crippen LogP) is 1.97. The van der Waals surface area contributed by atoms with Crippen molar-refractivity contribution in [3.8, 4) is 0 Å². The molecule has 0 heteroatoms. The second-order valence-corrected chi connectivity index (χ2v) is 2.48. The number of hydrogen-bond acceptors (Lipinski definition) is 0. The van der Waals surface area contributed by atoms with Gasteiger partial charge < -0.3 is 0 Å². The zero-order valence-electron chi connectivity index (χ0n) is 5.30. The zero-order valence-corrected chi connectivity index (χ0v) is 4.30. The lowest BCUT2D eigenvalue weighted by Crippen LogP contribution is -1.82. The van der Waals surface area contributed by atoms with Crippen molar-refractivity contribution in [2.75, 3.05) is 0 Å². The Morgan fingerprint density at radius 3 is 2.00 bits per heavy atom. The Morgan fingerprint density at radius 1 is 1.29 bits per heavy atom. The lowest BCUT2D eigenvalue weighted by molar-refractivity contribution is 0.691. The van der Waals surface area contributed by atoms with Crippen molar-refractivity contribution in [2.24, 2.45) is 11.8 Å².